The van der Waals surface area contributed by atoms with Crippen LogP contribution in [0.25, 0.3) is 0 Å². The van der Waals surface area contributed by atoms with E-state index in [-0.39, 0.29) is 25.9 Å². The molecule has 0 bridgehead atoms. The Labute approximate surface area is 243 Å². The van der Waals surface area contributed by atoms with E-state index in [0.29, 0.717) is 12.8 Å². The van der Waals surface area contributed by atoms with Crippen molar-refractivity contribution in [3.05, 3.63) is 71.8 Å². The normalized spacial score (nSPS) is 15.6. The van der Waals surface area contributed by atoms with Crippen molar-refractivity contribution < 1.29 is 33.9 Å². The second kappa shape index (κ2) is 15.9. The maximum absolute atomic E-state index is 13.3. The summed E-state index contributed by atoms with van der Waals surface area (Å²) in [5.41, 5.74) is 6.95. The Kier molecular flexibility index (Phi) is 12.0. The first-order valence-electron chi connectivity index (χ1n) is 13.6. The van der Waals surface area contributed by atoms with Crippen LogP contribution in [0.3, 0.4) is 0 Å². The predicted octanol–water partition coefficient (Wildman–Crippen LogP) is -1.29. The number of amides is 5. The number of nitrogens with two attached hydrogens (primary N) is 1. The minimum Gasteiger partial charge on any atom is -0.480 e. The van der Waals surface area contributed by atoms with Gasteiger partial charge in [-0.1, -0.05) is 60.7 Å². The van der Waals surface area contributed by atoms with Crippen LogP contribution in [0, 0.1) is 0 Å². The van der Waals surface area contributed by atoms with Crippen molar-refractivity contribution in [3.8, 4) is 0 Å². The Balaban J connectivity index is 1.63. The third-order valence-corrected chi connectivity index (χ3v) is 6.74. The monoisotopic (exact) mass is 580 g/mol. The van der Waals surface area contributed by atoms with E-state index in [1.807, 2.05) is 6.07 Å². The van der Waals surface area contributed by atoms with Crippen LogP contribution in [0.1, 0.15) is 24.0 Å². The Bertz CT molecular complexity index is 1260. The van der Waals surface area contributed by atoms with Gasteiger partial charge < -0.3 is 37.0 Å². The lowest BCUT2D eigenvalue weighted by molar-refractivity contribution is -0.140. The molecule has 0 spiro atoms. The molecule has 0 aromatic heterocycles. The van der Waals surface area contributed by atoms with Crippen LogP contribution in [0.5, 0.6) is 0 Å². The third kappa shape index (κ3) is 9.70. The summed E-state index contributed by atoms with van der Waals surface area (Å²) in [7, 11) is 0. The van der Waals surface area contributed by atoms with Crippen LogP contribution in [0.4, 0.5) is 0 Å². The van der Waals surface area contributed by atoms with Crippen molar-refractivity contribution in [2.75, 3.05) is 26.2 Å². The van der Waals surface area contributed by atoms with Crippen LogP contribution in [0.2, 0.25) is 0 Å². The van der Waals surface area contributed by atoms with Gasteiger partial charge in [0.1, 0.15) is 24.7 Å². The van der Waals surface area contributed by atoms with Gasteiger partial charge in [0.05, 0.1) is 13.1 Å². The van der Waals surface area contributed by atoms with Gasteiger partial charge in [-0.2, -0.15) is 0 Å². The highest BCUT2D eigenvalue weighted by molar-refractivity contribution is 5.95. The molecule has 1 aliphatic heterocycles. The van der Waals surface area contributed by atoms with Crippen LogP contribution < -0.4 is 27.0 Å². The van der Waals surface area contributed by atoms with Crippen molar-refractivity contribution >= 4 is 35.5 Å². The largest absolute Gasteiger partial charge is 0.480 e. The number of carbonyl (C=O) groups is 6. The van der Waals surface area contributed by atoms with E-state index in [1.165, 1.54) is 4.90 Å². The van der Waals surface area contributed by atoms with Gasteiger partial charge in [0.15, 0.2) is 0 Å². The molecule has 0 unspecified atom stereocenters. The number of carboxylic acids is 1. The van der Waals surface area contributed by atoms with E-state index in [1.54, 1.807) is 54.6 Å². The highest BCUT2D eigenvalue weighted by Crippen LogP contribution is 2.18. The van der Waals surface area contributed by atoms with Crippen molar-refractivity contribution in [1.82, 2.24) is 26.2 Å². The second-order valence-electron chi connectivity index (χ2n) is 9.84. The molecule has 42 heavy (non-hydrogen) atoms. The van der Waals surface area contributed by atoms with Gasteiger partial charge in [-0.3, -0.25) is 28.8 Å². The Morgan fingerprint density at radius 3 is 1.86 bits per heavy atom. The number of rotatable bonds is 14. The minimum absolute atomic E-state index is 0.117. The molecule has 0 aliphatic carbocycles. The number of carboxylic acid groups (broad SMARTS) is 1. The lowest BCUT2D eigenvalue weighted by Crippen LogP contribution is -2.56. The van der Waals surface area contributed by atoms with Gasteiger partial charge in [-0.25, -0.2) is 0 Å². The molecule has 224 valence electrons. The zero-order valence-electron chi connectivity index (χ0n) is 23.1. The van der Waals surface area contributed by atoms with Crippen LogP contribution in [-0.4, -0.2) is 89.8 Å². The van der Waals surface area contributed by atoms with Gasteiger partial charge >= 0.3 is 5.97 Å². The molecule has 2 aromatic rings. The number of benzene rings is 2. The van der Waals surface area contributed by atoms with Gasteiger partial charge in [-0.05, 0) is 24.0 Å². The summed E-state index contributed by atoms with van der Waals surface area (Å²) in [6, 6.07) is 15.0. The summed E-state index contributed by atoms with van der Waals surface area (Å²) < 4.78 is 0. The minimum atomic E-state index is -1.23. The third-order valence-electron chi connectivity index (χ3n) is 6.74. The maximum Gasteiger partial charge on any atom is 0.322 e. The number of hydrogen-bond donors (Lipinski definition) is 6. The number of likely N-dealkylation sites (tertiary alicyclic amines) is 1. The van der Waals surface area contributed by atoms with Crippen molar-refractivity contribution in [1.29, 1.82) is 0 Å². The predicted molar refractivity (Wildman–Crippen MR) is 152 cm³/mol. The molecule has 13 nitrogen and oxygen atoms in total. The molecule has 1 fully saturated rings. The molecule has 0 radical (unpaired) electrons. The molecule has 1 heterocycles. The number of aliphatic carboxylic acids is 1. The smallest absolute Gasteiger partial charge is 0.322 e. The first-order valence-corrected chi connectivity index (χ1v) is 13.6. The molecule has 1 aliphatic rings. The van der Waals surface area contributed by atoms with E-state index in [4.69, 9.17) is 10.8 Å². The Hall–Kier alpha value is -4.78. The maximum atomic E-state index is 13.3. The molecular formula is C29H36N6O7. The highest BCUT2D eigenvalue weighted by atomic mass is 16.4. The lowest BCUT2D eigenvalue weighted by atomic mass is 10.0. The lowest BCUT2D eigenvalue weighted by Gasteiger charge is -2.27. The molecule has 2 aromatic carbocycles. The van der Waals surface area contributed by atoms with E-state index >= 15 is 0 Å². The number of carbonyl (C=O) groups excluding carboxylic acids is 5. The average molecular weight is 581 g/mol. The van der Waals surface area contributed by atoms with Gasteiger partial charge in [-0.15, -0.1) is 0 Å². The second-order valence-corrected chi connectivity index (χ2v) is 9.84. The highest BCUT2D eigenvalue weighted by Gasteiger charge is 2.36. The summed E-state index contributed by atoms with van der Waals surface area (Å²) in [4.78, 5) is 76.2. The zero-order chi connectivity index (χ0) is 30.5. The fraction of sp³-hybridized carbons (Fsp3) is 0.379. The van der Waals surface area contributed by atoms with E-state index in [2.05, 4.69) is 21.3 Å². The number of hydrogen-bond acceptors (Lipinski definition) is 7. The fourth-order valence-corrected chi connectivity index (χ4v) is 4.65. The quantitative estimate of drug-likeness (QED) is 0.158. The van der Waals surface area contributed by atoms with Crippen LogP contribution >= 0.6 is 0 Å². The van der Waals surface area contributed by atoms with Crippen LogP contribution in [0.15, 0.2) is 60.7 Å². The first-order chi connectivity index (χ1) is 20.2. The van der Waals surface area contributed by atoms with E-state index in [0.717, 1.165) is 11.1 Å². The van der Waals surface area contributed by atoms with Gasteiger partial charge in [0.25, 0.3) is 0 Å². The van der Waals surface area contributed by atoms with Gasteiger partial charge in [0, 0.05) is 19.4 Å². The summed E-state index contributed by atoms with van der Waals surface area (Å²) >= 11 is 0. The van der Waals surface area contributed by atoms with Gasteiger partial charge in [0.2, 0.25) is 29.5 Å². The van der Waals surface area contributed by atoms with Crippen LogP contribution in [-0.2, 0) is 41.6 Å². The molecule has 5 amide bonds. The Morgan fingerprint density at radius 1 is 0.810 bits per heavy atom. The molecular weight excluding hydrogens is 544 g/mol. The van der Waals surface area contributed by atoms with Crippen molar-refractivity contribution in [2.24, 2.45) is 5.73 Å². The standard InChI is InChI=1S/C29H36N6O7/c30-16-24(36)33-21(14-19-8-3-1-4-9-19)27(40)31-17-25(37)35-13-7-12-23(35)29(42)34-22(28(41)32-18-26(38)39)15-20-10-5-2-6-11-20/h1-6,8-11,21-23H,7,12-18,30H2,(H,31,40)(H,32,41)(H,33,36)(H,34,42)(H,38,39)/t21-,22-,23-/m0/s1. The SMILES string of the molecule is NCC(=O)N[C@@H](Cc1ccccc1)C(=O)NCC(=O)N1CCC[C@H]1C(=O)N[C@@H](Cc1ccccc1)C(=O)NCC(=O)O. The number of nitrogens with zero attached hydrogens (tertiary/aromatic N) is 1. The molecule has 7 N–H and O–H groups in total. The van der Waals surface area contributed by atoms with E-state index in [9.17, 15) is 28.8 Å². The summed E-state index contributed by atoms with van der Waals surface area (Å²) in [6.07, 6.45) is 1.19. The number of nitrogens with one attached hydrogen (secondary N) is 4. The topological polar surface area (TPSA) is 200 Å². The fourth-order valence-electron chi connectivity index (χ4n) is 4.65. The Morgan fingerprint density at radius 2 is 1.33 bits per heavy atom. The molecule has 0 saturated carbocycles. The zero-order valence-corrected chi connectivity index (χ0v) is 23.1. The summed E-state index contributed by atoms with van der Waals surface area (Å²) in [5, 5.41) is 19.0. The average Bonchev–Trinajstić information content (AvgIpc) is 3.49. The molecule has 1 saturated heterocycles. The molecule has 13 heteroatoms. The van der Waals surface area contributed by atoms with E-state index < -0.39 is 66.7 Å². The first kappa shape index (κ1) is 31.7. The van der Waals surface area contributed by atoms with Crippen molar-refractivity contribution in [3.63, 3.8) is 0 Å². The van der Waals surface area contributed by atoms with Crippen molar-refractivity contribution in [2.45, 2.75) is 43.8 Å². The molecule has 3 atom stereocenters. The summed E-state index contributed by atoms with van der Waals surface area (Å²) in [6.45, 7) is -1.04. The summed E-state index contributed by atoms with van der Waals surface area (Å²) in [5.74, 6) is -4.05. The molecule has 3 rings (SSSR count).